The lowest BCUT2D eigenvalue weighted by molar-refractivity contribution is -0.555. The molecule has 9 heteroatoms. The molecule has 150 valence electrons. The molecule has 1 aromatic heterocycles. The van der Waals surface area contributed by atoms with E-state index < -0.39 is 9.84 Å². The highest BCUT2D eigenvalue weighted by Gasteiger charge is 2.31. The molecule has 2 aromatic carbocycles. The van der Waals surface area contributed by atoms with Gasteiger partial charge in [-0.05, 0) is 30.5 Å². The molecule has 1 saturated heterocycles. The Hall–Kier alpha value is -3.20. The lowest BCUT2D eigenvalue weighted by Crippen LogP contribution is -2.35. The standard InChI is InChI=1S/C20H21N5O3S/c21-20(22)25-12-4-7-17(25)19-23-18(24-28-19)15-10-8-14(9-11-15)13-29(26,27)16-5-2-1-3-6-16/h1-3,5-6,8-11,17H,4,7,12-13H2,(H3,21,22)/p+1/t17-/m0/s1. The van der Waals surface area contributed by atoms with Gasteiger partial charge in [0.05, 0.1) is 17.2 Å². The molecule has 0 unspecified atom stereocenters. The molecular weight excluding hydrogens is 390 g/mol. The first kappa shape index (κ1) is 19.1. The molecule has 0 saturated carbocycles. The molecule has 0 bridgehead atoms. The smallest absolute Gasteiger partial charge is 0.335 e. The number of nitrogens with two attached hydrogens (primary N) is 2. The Morgan fingerprint density at radius 2 is 1.83 bits per heavy atom. The second-order valence-corrected chi connectivity index (χ2v) is 8.99. The maximum atomic E-state index is 12.5. The van der Waals surface area contributed by atoms with Crippen molar-refractivity contribution >= 4 is 15.8 Å². The van der Waals surface area contributed by atoms with Crippen molar-refractivity contribution in [1.29, 1.82) is 0 Å². The minimum atomic E-state index is -3.39. The van der Waals surface area contributed by atoms with Crippen molar-refractivity contribution in [3.63, 3.8) is 0 Å². The number of guanidine groups is 1. The van der Waals surface area contributed by atoms with Crippen molar-refractivity contribution in [3.05, 3.63) is 66.1 Å². The number of hydrogen-bond acceptors (Lipinski definition) is 5. The third-order valence-corrected chi connectivity index (χ3v) is 6.69. The molecule has 3 aromatic rings. The van der Waals surface area contributed by atoms with Gasteiger partial charge in [0.1, 0.15) is 0 Å². The molecular formula is C20H22N5O3S+. The Kier molecular flexibility index (Phi) is 5.06. The van der Waals surface area contributed by atoms with Gasteiger partial charge in [-0.1, -0.05) is 47.6 Å². The van der Waals surface area contributed by atoms with Crippen LogP contribution in [0.1, 0.15) is 30.3 Å². The molecule has 0 amide bonds. The normalized spacial score (nSPS) is 16.8. The van der Waals surface area contributed by atoms with Gasteiger partial charge < -0.3 is 4.52 Å². The molecule has 4 N–H and O–H groups in total. The topological polar surface area (TPSA) is 128 Å². The van der Waals surface area contributed by atoms with Crippen LogP contribution >= 0.6 is 0 Å². The predicted molar refractivity (Wildman–Crippen MR) is 108 cm³/mol. The fourth-order valence-electron chi connectivity index (χ4n) is 3.50. The van der Waals surface area contributed by atoms with E-state index in [1.165, 1.54) is 0 Å². The Morgan fingerprint density at radius 3 is 2.52 bits per heavy atom. The molecule has 29 heavy (non-hydrogen) atoms. The van der Waals surface area contributed by atoms with Crippen molar-refractivity contribution < 1.29 is 17.5 Å². The zero-order chi connectivity index (χ0) is 20.4. The van der Waals surface area contributed by atoms with E-state index in [1.54, 1.807) is 54.6 Å². The van der Waals surface area contributed by atoms with Gasteiger partial charge in [-0.3, -0.25) is 16.0 Å². The third-order valence-electron chi connectivity index (χ3n) is 4.98. The molecule has 0 aliphatic carbocycles. The van der Waals surface area contributed by atoms with Crippen molar-refractivity contribution in [2.45, 2.75) is 29.5 Å². The highest BCUT2D eigenvalue weighted by Crippen LogP contribution is 2.29. The average Bonchev–Trinajstić information content (AvgIpc) is 3.38. The van der Waals surface area contributed by atoms with Crippen LogP contribution in [0, 0.1) is 0 Å². The lowest BCUT2D eigenvalue weighted by atomic mass is 10.1. The Labute approximate surface area is 168 Å². The largest absolute Gasteiger partial charge is 0.341 e. The minimum absolute atomic E-state index is 0.0720. The van der Waals surface area contributed by atoms with Crippen molar-refractivity contribution in [2.75, 3.05) is 6.54 Å². The van der Waals surface area contributed by atoms with E-state index in [1.807, 2.05) is 4.58 Å². The van der Waals surface area contributed by atoms with Gasteiger partial charge in [-0.15, -0.1) is 0 Å². The van der Waals surface area contributed by atoms with Crippen LogP contribution in [0.25, 0.3) is 11.4 Å². The molecule has 4 rings (SSSR count). The molecule has 0 spiro atoms. The van der Waals surface area contributed by atoms with E-state index in [-0.39, 0.29) is 17.8 Å². The first-order valence-electron chi connectivity index (χ1n) is 9.29. The van der Waals surface area contributed by atoms with E-state index in [4.69, 9.17) is 16.0 Å². The van der Waals surface area contributed by atoms with Gasteiger partial charge in [0.15, 0.2) is 15.9 Å². The summed E-state index contributed by atoms with van der Waals surface area (Å²) in [7, 11) is -3.39. The number of nitrogens with zero attached hydrogens (tertiary/aromatic N) is 3. The Bertz CT molecular complexity index is 1130. The summed E-state index contributed by atoms with van der Waals surface area (Å²) in [5, 5.41) is 4.05. The van der Waals surface area contributed by atoms with Crippen LogP contribution in [-0.4, -0.2) is 35.6 Å². The van der Waals surface area contributed by atoms with Crippen molar-refractivity contribution in [2.24, 2.45) is 11.5 Å². The van der Waals surface area contributed by atoms with Crippen LogP contribution in [0.2, 0.25) is 0 Å². The van der Waals surface area contributed by atoms with E-state index in [0.717, 1.165) is 24.9 Å². The van der Waals surface area contributed by atoms with Crippen LogP contribution < -0.4 is 11.5 Å². The van der Waals surface area contributed by atoms with E-state index in [0.29, 0.717) is 22.2 Å². The number of sulfone groups is 1. The summed E-state index contributed by atoms with van der Waals surface area (Å²) < 4.78 is 32.3. The summed E-state index contributed by atoms with van der Waals surface area (Å²) in [4.78, 5) is 4.79. The summed E-state index contributed by atoms with van der Waals surface area (Å²) in [6, 6.07) is 15.4. The third kappa shape index (κ3) is 4.00. The van der Waals surface area contributed by atoms with Crippen molar-refractivity contribution in [3.8, 4) is 11.4 Å². The minimum Gasteiger partial charge on any atom is -0.335 e. The molecule has 1 aliphatic rings. The van der Waals surface area contributed by atoms with Crippen LogP contribution in [-0.2, 0) is 15.6 Å². The van der Waals surface area contributed by atoms with E-state index >= 15 is 0 Å². The molecule has 1 atom stereocenters. The number of aromatic nitrogens is 2. The summed E-state index contributed by atoms with van der Waals surface area (Å²) in [5.74, 6) is 1.09. The summed E-state index contributed by atoms with van der Waals surface area (Å²) in [6.45, 7) is 0.759. The molecule has 1 fully saturated rings. The lowest BCUT2D eigenvalue weighted by Gasteiger charge is -2.07. The highest BCUT2D eigenvalue weighted by molar-refractivity contribution is 7.90. The fraction of sp³-hybridized carbons (Fsp3) is 0.250. The number of rotatable bonds is 5. The number of benzene rings is 2. The average molecular weight is 412 g/mol. The maximum absolute atomic E-state index is 12.5. The Balaban J connectivity index is 1.52. The van der Waals surface area contributed by atoms with Gasteiger partial charge in [-0.2, -0.15) is 4.98 Å². The van der Waals surface area contributed by atoms with E-state index in [2.05, 4.69) is 10.1 Å². The van der Waals surface area contributed by atoms with Crippen molar-refractivity contribution in [1.82, 2.24) is 10.1 Å². The second-order valence-electron chi connectivity index (χ2n) is 7.00. The quantitative estimate of drug-likeness (QED) is 0.483. The highest BCUT2D eigenvalue weighted by atomic mass is 32.2. The molecule has 0 radical (unpaired) electrons. The van der Waals surface area contributed by atoms with Crippen LogP contribution in [0.5, 0.6) is 0 Å². The fourth-order valence-corrected chi connectivity index (χ4v) is 4.87. The van der Waals surface area contributed by atoms with Gasteiger partial charge >= 0.3 is 5.96 Å². The first-order valence-corrected chi connectivity index (χ1v) is 10.9. The molecule has 1 aliphatic heterocycles. The SMILES string of the molecule is NC(N)=[N+]1CCC[C@H]1c1nc(-c2ccc(CS(=O)(=O)c3ccccc3)cc2)no1. The maximum Gasteiger partial charge on any atom is 0.341 e. The number of hydrogen-bond donors (Lipinski definition) is 2. The first-order chi connectivity index (χ1) is 13.9. The molecule has 2 heterocycles. The van der Waals surface area contributed by atoms with Gasteiger partial charge in [-0.25, -0.2) is 8.42 Å². The summed E-state index contributed by atoms with van der Waals surface area (Å²) in [6.07, 6.45) is 1.79. The van der Waals surface area contributed by atoms with Gasteiger partial charge in [0.2, 0.25) is 5.82 Å². The zero-order valence-electron chi connectivity index (χ0n) is 15.7. The van der Waals surface area contributed by atoms with Gasteiger partial charge in [0.25, 0.3) is 5.89 Å². The Morgan fingerprint density at radius 1 is 1.10 bits per heavy atom. The van der Waals surface area contributed by atoms with Crippen LogP contribution in [0.15, 0.2) is 64.0 Å². The summed E-state index contributed by atoms with van der Waals surface area (Å²) >= 11 is 0. The zero-order valence-corrected chi connectivity index (χ0v) is 16.5. The van der Waals surface area contributed by atoms with Crippen LogP contribution in [0.3, 0.4) is 0 Å². The van der Waals surface area contributed by atoms with Gasteiger partial charge in [0, 0.05) is 5.56 Å². The molecule has 8 nitrogen and oxygen atoms in total. The predicted octanol–water partition coefficient (Wildman–Crippen LogP) is 1.83. The second kappa shape index (κ2) is 7.67. The summed E-state index contributed by atoms with van der Waals surface area (Å²) in [5.41, 5.74) is 12.9. The van der Waals surface area contributed by atoms with E-state index in [9.17, 15) is 8.42 Å². The monoisotopic (exact) mass is 412 g/mol. The van der Waals surface area contributed by atoms with Crippen LogP contribution in [0.4, 0.5) is 0 Å².